The molecule has 2 aromatic rings. The molecule has 2 N–H and O–H groups in total. The highest BCUT2D eigenvalue weighted by Gasteiger charge is 2.31. The summed E-state index contributed by atoms with van der Waals surface area (Å²) in [5, 5.41) is 1.01. The molecule has 0 bridgehead atoms. The number of anilines is 1. The highest BCUT2D eigenvalue weighted by Crippen LogP contribution is 2.36. The summed E-state index contributed by atoms with van der Waals surface area (Å²) in [6.07, 6.45) is 2.23. The zero-order valence-corrected chi connectivity index (χ0v) is 11.4. The van der Waals surface area contributed by atoms with Crippen molar-refractivity contribution in [2.24, 2.45) is 0 Å². The largest absolute Gasteiger partial charge is 0.397 e. The van der Waals surface area contributed by atoms with Gasteiger partial charge in [0.05, 0.1) is 5.69 Å². The Balaban J connectivity index is 2.06. The van der Waals surface area contributed by atoms with E-state index in [1.165, 1.54) is 16.9 Å². The van der Waals surface area contributed by atoms with E-state index in [9.17, 15) is 4.79 Å². The first-order valence-electron chi connectivity index (χ1n) is 6.13. The molecule has 94 valence electrons. The van der Waals surface area contributed by atoms with Crippen LogP contribution in [0.3, 0.4) is 0 Å². The highest BCUT2D eigenvalue weighted by molar-refractivity contribution is 7.21. The van der Waals surface area contributed by atoms with E-state index in [1.54, 1.807) is 0 Å². The summed E-state index contributed by atoms with van der Waals surface area (Å²) in [6, 6.07) is 6.56. The molecule has 0 spiro atoms. The first-order chi connectivity index (χ1) is 8.58. The Morgan fingerprint density at radius 3 is 2.83 bits per heavy atom. The first kappa shape index (κ1) is 11.5. The Hall–Kier alpha value is -1.55. The van der Waals surface area contributed by atoms with Crippen LogP contribution in [0.15, 0.2) is 18.2 Å². The molecule has 1 heterocycles. The number of fused-ring (bicyclic) bond motifs is 1. The topological polar surface area (TPSA) is 46.3 Å². The molecule has 1 aromatic heterocycles. The van der Waals surface area contributed by atoms with Crippen molar-refractivity contribution in [2.75, 3.05) is 12.8 Å². The van der Waals surface area contributed by atoms with Crippen molar-refractivity contribution in [3.05, 3.63) is 28.6 Å². The highest BCUT2D eigenvalue weighted by atomic mass is 32.1. The predicted molar refractivity (Wildman–Crippen MR) is 76.1 cm³/mol. The monoisotopic (exact) mass is 260 g/mol. The number of nitrogens with two attached hydrogens (primary N) is 1. The van der Waals surface area contributed by atoms with Crippen LogP contribution in [-0.4, -0.2) is 23.9 Å². The molecule has 0 radical (unpaired) electrons. The van der Waals surface area contributed by atoms with Gasteiger partial charge in [-0.2, -0.15) is 0 Å². The molecule has 4 heteroatoms. The Bertz CT molecular complexity index is 628. The second kappa shape index (κ2) is 3.99. The van der Waals surface area contributed by atoms with Crippen molar-refractivity contribution < 1.29 is 4.79 Å². The molecule has 1 aliphatic carbocycles. The summed E-state index contributed by atoms with van der Waals surface area (Å²) >= 11 is 1.50. The van der Waals surface area contributed by atoms with Crippen LogP contribution < -0.4 is 5.73 Å². The normalized spacial score (nSPS) is 15.0. The molecule has 0 saturated heterocycles. The summed E-state index contributed by atoms with van der Waals surface area (Å²) in [7, 11) is 1.87. The Morgan fingerprint density at radius 1 is 1.44 bits per heavy atom. The second-order valence-corrected chi connectivity index (χ2v) is 6.04. The van der Waals surface area contributed by atoms with Crippen molar-refractivity contribution >= 4 is 33.0 Å². The van der Waals surface area contributed by atoms with Gasteiger partial charge in [-0.1, -0.05) is 11.6 Å². The minimum absolute atomic E-state index is 0.0638. The third kappa shape index (κ3) is 1.77. The van der Waals surface area contributed by atoms with Gasteiger partial charge in [0.25, 0.3) is 5.91 Å². The van der Waals surface area contributed by atoms with Gasteiger partial charge in [0.15, 0.2) is 0 Å². The Labute approximate surface area is 110 Å². The van der Waals surface area contributed by atoms with Gasteiger partial charge in [0.1, 0.15) is 4.88 Å². The van der Waals surface area contributed by atoms with Gasteiger partial charge in [-0.3, -0.25) is 4.79 Å². The summed E-state index contributed by atoms with van der Waals surface area (Å²) in [6.45, 7) is 2.04. The number of benzene rings is 1. The van der Waals surface area contributed by atoms with Gasteiger partial charge in [-0.05, 0) is 31.9 Å². The quantitative estimate of drug-likeness (QED) is 0.902. The smallest absolute Gasteiger partial charge is 0.266 e. The molecule has 3 rings (SSSR count). The number of carbonyl (C=O) groups excluding carboxylic acids is 1. The van der Waals surface area contributed by atoms with Crippen LogP contribution in [0.4, 0.5) is 5.69 Å². The molecule has 1 fully saturated rings. The molecular weight excluding hydrogens is 244 g/mol. The number of rotatable bonds is 2. The van der Waals surface area contributed by atoms with Crippen molar-refractivity contribution in [2.45, 2.75) is 25.8 Å². The maximum Gasteiger partial charge on any atom is 0.266 e. The zero-order valence-electron chi connectivity index (χ0n) is 10.6. The zero-order chi connectivity index (χ0) is 12.9. The summed E-state index contributed by atoms with van der Waals surface area (Å²) in [4.78, 5) is 14.9. The molecule has 0 unspecified atom stereocenters. The molecule has 1 aliphatic rings. The maximum atomic E-state index is 12.4. The lowest BCUT2D eigenvalue weighted by Gasteiger charge is -2.15. The van der Waals surface area contributed by atoms with Gasteiger partial charge >= 0.3 is 0 Å². The van der Waals surface area contributed by atoms with Crippen LogP contribution in [0.5, 0.6) is 0 Å². The third-order valence-corrected chi connectivity index (χ3v) is 4.67. The number of aryl methyl sites for hydroxylation is 1. The van der Waals surface area contributed by atoms with Crippen LogP contribution in [0.1, 0.15) is 28.1 Å². The Morgan fingerprint density at radius 2 is 2.17 bits per heavy atom. The first-order valence-corrected chi connectivity index (χ1v) is 6.95. The number of nitrogens with zero attached hydrogens (tertiary/aromatic N) is 1. The van der Waals surface area contributed by atoms with Crippen LogP contribution in [0.2, 0.25) is 0 Å². The lowest BCUT2D eigenvalue weighted by molar-refractivity contribution is 0.0791. The summed E-state index contributed by atoms with van der Waals surface area (Å²) in [5.41, 5.74) is 7.93. The molecular formula is C14H16N2OS. The number of amides is 1. The molecule has 0 atom stereocenters. The molecule has 1 amide bonds. The predicted octanol–water partition coefficient (Wildman–Crippen LogP) is 3.03. The van der Waals surface area contributed by atoms with Gasteiger partial charge in [0, 0.05) is 23.2 Å². The van der Waals surface area contributed by atoms with E-state index < -0.39 is 0 Å². The van der Waals surface area contributed by atoms with E-state index in [4.69, 9.17) is 5.73 Å². The second-order valence-electron chi connectivity index (χ2n) is 4.99. The van der Waals surface area contributed by atoms with E-state index in [1.807, 2.05) is 24.9 Å². The SMILES string of the molecule is Cc1ccc2sc(C(=O)N(C)C3CC3)c(N)c2c1. The molecule has 0 aliphatic heterocycles. The average molecular weight is 260 g/mol. The fourth-order valence-electron chi connectivity index (χ4n) is 2.18. The van der Waals surface area contributed by atoms with E-state index in [-0.39, 0.29) is 5.91 Å². The molecule has 18 heavy (non-hydrogen) atoms. The number of hydrogen-bond acceptors (Lipinski definition) is 3. The van der Waals surface area contributed by atoms with Gasteiger partial charge in [0.2, 0.25) is 0 Å². The van der Waals surface area contributed by atoms with Gasteiger partial charge < -0.3 is 10.6 Å². The number of carbonyl (C=O) groups is 1. The molecule has 3 nitrogen and oxygen atoms in total. The summed E-state index contributed by atoms with van der Waals surface area (Å²) < 4.78 is 1.09. The minimum Gasteiger partial charge on any atom is -0.397 e. The van der Waals surface area contributed by atoms with Crippen LogP contribution in [0, 0.1) is 6.92 Å². The third-order valence-electron chi connectivity index (χ3n) is 3.49. The standard InChI is InChI=1S/C14H16N2OS/c1-8-3-6-11-10(7-8)12(15)13(18-11)14(17)16(2)9-4-5-9/h3,6-7,9H,4-5,15H2,1-2H3. The minimum atomic E-state index is 0.0638. The lowest BCUT2D eigenvalue weighted by atomic mass is 10.1. The van der Waals surface area contributed by atoms with E-state index in [0.29, 0.717) is 16.6 Å². The Kier molecular flexibility index (Phi) is 2.55. The van der Waals surface area contributed by atoms with Gasteiger partial charge in [-0.25, -0.2) is 0 Å². The van der Waals surface area contributed by atoms with E-state index >= 15 is 0 Å². The van der Waals surface area contributed by atoms with E-state index in [0.717, 1.165) is 22.9 Å². The fraction of sp³-hybridized carbons (Fsp3) is 0.357. The van der Waals surface area contributed by atoms with Crippen molar-refractivity contribution in [1.82, 2.24) is 4.90 Å². The maximum absolute atomic E-state index is 12.4. The van der Waals surface area contributed by atoms with Crippen molar-refractivity contribution in [3.8, 4) is 0 Å². The van der Waals surface area contributed by atoms with Crippen molar-refractivity contribution in [3.63, 3.8) is 0 Å². The number of thiophene rings is 1. The number of nitrogen functional groups attached to an aromatic ring is 1. The van der Waals surface area contributed by atoms with Crippen LogP contribution in [0.25, 0.3) is 10.1 Å². The summed E-state index contributed by atoms with van der Waals surface area (Å²) in [5.74, 6) is 0.0638. The number of hydrogen-bond donors (Lipinski definition) is 1. The average Bonchev–Trinajstić information content (AvgIpc) is 3.15. The van der Waals surface area contributed by atoms with Crippen LogP contribution in [-0.2, 0) is 0 Å². The van der Waals surface area contributed by atoms with Crippen molar-refractivity contribution in [1.29, 1.82) is 0 Å². The lowest BCUT2D eigenvalue weighted by Crippen LogP contribution is -2.28. The van der Waals surface area contributed by atoms with Crippen LogP contribution >= 0.6 is 11.3 Å². The molecule has 1 saturated carbocycles. The fourth-order valence-corrected chi connectivity index (χ4v) is 3.26. The van der Waals surface area contributed by atoms with E-state index in [2.05, 4.69) is 12.1 Å². The van der Waals surface area contributed by atoms with Gasteiger partial charge in [-0.15, -0.1) is 11.3 Å². The molecule has 1 aromatic carbocycles.